The van der Waals surface area contributed by atoms with Gasteiger partial charge in [-0.1, -0.05) is 47.2 Å². The van der Waals surface area contributed by atoms with Gasteiger partial charge in [0.05, 0.1) is 23.7 Å². The second-order valence-corrected chi connectivity index (χ2v) is 10.3. The number of carbonyl (C=O) groups excluding carboxylic acids is 1. The lowest BCUT2D eigenvalue weighted by Crippen LogP contribution is -2.51. The standard InChI is InChI=1S/C25H31ClN4O3S/c1-17-7-8-22(21(26)13-17)27-24(31)15-29-9-11-30(12-10-29)25(32)20-5-3-4-6-23(20)34-16-19-14-18(2)33-28-19/h3-8,13-14,21-22,25,32H,9-12,15-16H2,1-2H3,(H,27,31). The smallest absolute Gasteiger partial charge is 0.234 e. The van der Waals surface area contributed by atoms with E-state index in [1.54, 1.807) is 11.8 Å². The largest absolute Gasteiger partial charge is 0.374 e. The molecule has 0 spiro atoms. The number of hydrogen-bond acceptors (Lipinski definition) is 7. The molecule has 4 rings (SSSR count). The molecular formula is C25H31ClN4O3S. The zero-order valence-electron chi connectivity index (χ0n) is 19.5. The summed E-state index contributed by atoms with van der Waals surface area (Å²) in [6, 6.07) is 9.67. The molecular weight excluding hydrogens is 472 g/mol. The first-order chi connectivity index (χ1) is 16.4. The van der Waals surface area contributed by atoms with Crippen molar-refractivity contribution in [2.24, 2.45) is 0 Å². The summed E-state index contributed by atoms with van der Waals surface area (Å²) in [6.45, 7) is 6.97. The number of halogens is 1. The highest BCUT2D eigenvalue weighted by Gasteiger charge is 2.27. The molecule has 0 bridgehead atoms. The fourth-order valence-corrected chi connectivity index (χ4v) is 5.46. The van der Waals surface area contributed by atoms with Crippen molar-refractivity contribution >= 4 is 29.3 Å². The highest BCUT2D eigenvalue weighted by Crippen LogP contribution is 2.32. The van der Waals surface area contributed by atoms with Gasteiger partial charge in [0.2, 0.25) is 5.91 Å². The van der Waals surface area contributed by atoms with E-state index in [-0.39, 0.29) is 17.3 Å². The van der Waals surface area contributed by atoms with Gasteiger partial charge in [-0.3, -0.25) is 14.6 Å². The van der Waals surface area contributed by atoms with Crippen LogP contribution in [0.3, 0.4) is 0 Å². The summed E-state index contributed by atoms with van der Waals surface area (Å²) in [5, 5.41) is 17.9. The molecule has 3 atom stereocenters. The molecule has 182 valence electrons. The number of thioether (sulfide) groups is 1. The first kappa shape index (κ1) is 25.0. The molecule has 1 amide bonds. The SMILES string of the molecule is CC1=CC(Cl)C(NC(=O)CN2CCN(C(O)c3ccccc3SCc3cc(C)on3)CC2)C=C1. The van der Waals surface area contributed by atoms with Crippen molar-refractivity contribution in [3.05, 3.63) is 71.2 Å². The van der Waals surface area contributed by atoms with Gasteiger partial charge in [-0.15, -0.1) is 23.4 Å². The lowest BCUT2D eigenvalue weighted by molar-refractivity contribution is -0.123. The number of alkyl halides is 1. The van der Waals surface area contributed by atoms with Gasteiger partial charge in [0, 0.05) is 48.5 Å². The highest BCUT2D eigenvalue weighted by atomic mass is 35.5. The summed E-state index contributed by atoms with van der Waals surface area (Å²) < 4.78 is 5.15. The number of hydrogen-bond donors (Lipinski definition) is 2. The average molecular weight is 503 g/mol. The van der Waals surface area contributed by atoms with Gasteiger partial charge in [-0.2, -0.15) is 0 Å². The zero-order chi connectivity index (χ0) is 24.1. The van der Waals surface area contributed by atoms with Crippen LogP contribution in [0.2, 0.25) is 0 Å². The van der Waals surface area contributed by atoms with E-state index < -0.39 is 6.23 Å². The predicted molar refractivity (Wildman–Crippen MR) is 135 cm³/mol. The number of piperazine rings is 1. The summed E-state index contributed by atoms with van der Waals surface area (Å²) in [5.41, 5.74) is 2.88. The van der Waals surface area contributed by atoms with Crippen LogP contribution >= 0.6 is 23.4 Å². The second-order valence-electron chi connectivity index (χ2n) is 8.75. The molecule has 1 fully saturated rings. The lowest BCUT2D eigenvalue weighted by Gasteiger charge is -2.37. The maximum atomic E-state index is 12.5. The molecule has 2 aliphatic rings. The van der Waals surface area contributed by atoms with E-state index in [1.165, 1.54) is 0 Å². The molecule has 2 aromatic rings. The fourth-order valence-electron chi connectivity index (χ4n) is 4.16. The van der Waals surface area contributed by atoms with E-state index in [2.05, 4.69) is 20.3 Å². The van der Waals surface area contributed by atoms with Crippen LogP contribution in [-0.4, -0.2) is 70.1 Å². The molecule has 1 aliphatic carbocycles. The summed E-state index contributed by atoms with van der Waals surface area (Å²) >= 11 is 7.99. The molecule has 1 aromatic heterocycles. The highest BCUT2D eigenvalue weighted by molar-refractivity contribution is 7.98. The molecule has 0 saturated carbocycles. The number of aryl methyl sites for hydroxylation is 1. The van der Waals surface area contributed by atoms with Crippen molar-refractivity contribution in [2.45, 2.75) is 42.1 Å². The first-order valence-electron chi connectivity index (χ1n) is 11.5. The van der Waals surface area contributed by atoms with Gasteiger partial charge < -0.3 is 14.9 Å². The molecule has 2 N–H and O–H groups in total. The third-order valence-corrected chi connectivity index (χ3v) is 7.55. The Hall–Kier alpha value is -2.10. The number of carbonyl (C=O) groups is 1. The Balaban J connectivity index is 1.27. The van der Waals surface area contributed by atoms with Crippen LogP contribution in [0, 0.1) is 6.92 Å². The Morgan fingerprint density at radius 3 is 2.76 bits per heavy atom. The lowest BCUT2D eigenvalue weighted by atomic mass is 10.0. The van der Waals surface area contributed by atoms with Crippen LogP contribution < -0.4 is 5.32 Å². The maximum absolute atomic E-state index is 12.5. The van der Waals surface area contributed by atoms with Crippen LogP contribution in [0.4, 0.5) is 0 Å². The molecule has 3 unspecified atom stereocenters. The minimum Gasteiger partial charge on any atom is -0.374 e. The van der Waals surface area contributed by atoms with Gasteiger partial charge in [0.15, 0.2) is 0 Å². The van der Waals surface area contributed by atoms with Gasteiger partial charge in [-0.25, -0.2) is 0 Å². The number of nitrogens with one attached hydrogen (secondary N) is 1. The molecule has 1 aromatic carbocycles. The third kappa shape index (κ3) is 6.52. The average Bonchev–Trinajstić information content (AvgIpc) is 3.25. The van der Waals surface area contributed by atoms with Crippen molar-refractivity contribution in [2.75, 3.05) is 32.7 Å². The Morgan fingerprint density at radius 1 is 1.29 bits per heavy atom. The molecule has 9 heteroatoms. The summed E-state index contributed by atoms with van der Waals surface area (Å²) in [4.78, 5) is 17.7. The Kier molecular flexibility index (Phi) is 8.50. The van der Waals surface area contributed by atoms with E-state index in [0.717, 1.165) is 27.5 Å². The van der Waals surface area contributed by atoms with Gasteiger partial charge in [-0.05, 0) is 19.9 Å². The van der Waals surface area contributed by atoms with Crippen molar-refractivity contribution < 1.29 is 14.4 Å². The number of allylic oxidation sites excluding steroid dienone is 2. The minimum absolute atomic E-state index is 0.0351. The fraction of sp³-hybridized carbons (Fsp3) is 0.440. The summed E-state index contributed by atoms with van der Waals surface area (Å²) in [6.07, 6.45) is 5.18. The first-order valence-corrected chi connectivity index (χ1v) is 12.9. The molecule has 1 aliphatic heterocycles. The molecule has 1 saturated heterocycles. The van der Waals surface area contributed by atoms with Crippen molar-refractivity contribution in [1.29, 1.82) is 0 Å². The van der Waals surface area contributed by atoms with E-state index >= 15 is 0 Å². The van der Waals surface area contributed by atoms with E-state index in [4.69, 9.17) is 16.1 Å². The molecule has 34 heavy (non-hydrogen) atoms. The quantitative estimate of drug-likeness (QED) is 0.422. The number of aliphatic hydroxyl groups is 1. The van der Waals surface area contributed by atoms with Crippen LogP contribution in [0.25, 0.3) is 0 Å². The Labute approximate surface area is 209 Å². The van der Waals surface area contributed by atoms with Crippen molar-refractivity contribution in [1.82, 2.24) is 20.3 Å². The van der Waals surface area contributed by atoms with E-state index in [9.17, 15) is 9.90 Å². The van der Waals surface area contributed by atoms with Gasteiger partial charge in [0.1, 0.15) is 12.0 Å². The van der Waals surface area contributed by atoms with Crippen LogP contribution in [-0.2, 0) is 10.5 Å². The molecule has 2 heterocycles. The number of nitrogens with zero attached hydrogens (tertiary/aromatic N) is 3. The van der Waals surface area contributed by atoms with Crippen molar-refractivity contribution in [3.8, 4) is 0 Å². The number of aliphatic hydroxyl groups excluding tert-OH is 1. The number of aromatic nitrogens is 1. The normalized spacial score (nSPS) is 22.4. The molecule has 0 radical (unpaired) electrons. The van der Waals surface area contributed by atoms with Crippen molar-refractivity contribution in [3.63, 3.8) is 0 Å². The predicted octanol–water partition coefficient (Wildman–Crippen LogP) is 3.49. The van der Waals surface area contributed by atoms with E-state index in [0.29, 0.717) is 38.5 Å². The monoisotopic (exact) mass is 502 g/mol. The van der Waals surface area contributed by atoms with Gasteiger partial charge >= 0.3 is 0 Å². The van der Waals surface area contributed by atoms with E-state index in [1.807, 2.05) is 62.4 Å². The summed E-state index contributed by atoms with van der Waals surface area (Å²) in [5.74, 6) is 1.44. The van der Waals surface area contributed by atoms with Gasteiger partial charge in [0.25, 0.3) is 0 Å². The van der Waals surface area contributed by atoms with Crippen LogP contribution in [0.5, 0.6) is 0 Å². The third-order valence-electron chi connectivity index (χ3n) is 6.03. The Morgan fingerprint density at radius 2 is 2.06 bits per heavy atom. The number of amides is 1. The Bertz CT molecular complexity index is 1050. The molecule has 7 nitrogen and oxygen atoms in total. The number of rotatable bonds is 8. The zero-order valence-corrected chi connectivity index (χ0v) is 21.1. The maximum Gasteiger partial charge on any atom is 0.234 e. The van der Waals surface area contributed by atoms with Crippen LogP contribution in [0.15, 0.2) is 63.6 Å². The topological polar surface area (TPSA) is 81.8 Å². The second kappa shape index (κ2) is 11.6. The van der Waals surface area contributed by atoms with Crippen LogP contribution in [0.1, 0.15) is 30.2 Å². The minimum atomic E-state index is -0.696. The number of benzene rings is 1. The summed E-state index contributed by atoms with van der Waals surface area (Å²) in [7, 11) is 0.